The second-order valence-electron chi connectivity index (χ2n) is 2.58. The van der Waals surface area contributed by atoms with Crippen molar-refractivity contribution in [2.24, 2.45) is 0 Å². The third-order valence-corrected chi connectivity index (χ3v) is 1.71. The number of aromatic hydroxyl groups is 2. The molecule has 12 heavy (non-hydrogen) atoms. The van der Waals surface area contributed by atoms with E-state index in [0.29, 0.717) is 24.5 Å². The van der Waals surface area contributed by atoms with Crippen LogP contribution in [0.3, 0.4) is 0 Å². The van der Waals surface area contributed by atoms with Crippen molar-refractivity contribution in [3.63, 3.8) is 0 Å². The van der Waals surface area contributed by atoms with Crippen molar-refractivity contribution >= 4 is 0 Å². The second-order valence-corrected chi connectivity index (χ2v) is 2.58. The van der Waals surface area contributed by atoms with Gasteiger partial charge in [0, 0.05) is 0 Å². The Hall–Kier alpha value is -1.52. The smallest absolute Gasteiger partial charge is 0.317 e. The number of nitrogens with zero attached hydrogens (tertiary/aromatic N) is 2. The topological polar surface area (TPSA) is 75.5 Å². The van der Waals surface area contributed by atoms with Crippen LogP contribution >= 0.6 is 0 Å². The molecule has 0 aliphatic carbocycles. The van der Waals surface area contributed by atoms with Gasteiger partial charge in [0.05, 0.1) is 12.3 Å². The zero-order valence-corrected chi connectivity index (χ0v) is 6.32. The fourth-order valence-electron chi connectivity index (χ4n) is 1.20. The maximum atomic E-state index is 9.20. The van der Waals surface area contributed by atoms with E-state index in [9.17, 15) is 5.11 Å². The molecule has 0 bridgehead atoms. The van der Waals surface area contributed by atoms with E-state index in [1.807, 2.05) is 0 Å². The Morgan fingerprint density at radius 3 is 2.92 bits per heavy atom. The van der Waals surface area contributed by atoms with E-state index in [4.69, 9.17) is 9.84 Å². The average molecular weight is 168 g/mol. The number of ether oxygens (including phenoxy) is 1. The summed E-state index contributed by atoms with van der Waals surface area (Å²) in [4.78, 5) is 7.10. The van der Waals surface area contributed by atoms with Gasteiger partial charge in [-0.3, -0.25) is 0 Å². The lowest BCUT2D eigenvalue weighted by atomic mass is 10.2. The predicted octanol–water partition coefficient (Wildman–Crippen LogP) is 0.213. The molecule has 64 valence electrons. The van der Waals surface area contributed by atoms with Crippen molar-refractivity contribution in [2.45, 2.75) is 12.8 Å². The normalized spacial score (nSPS) is 15.0. The fraction of sp³-hybridized carbons (Fsp3) is 0.429. The molecule has 0 saturated carbocycles. The highest BCUT2D eigenvalue weighted by molar-refractivity contribution is 5.39. The first-order valence-electron chi connectivity index (χ1n) is 3.69. The molecule has 0 saturated heterocycles. The van der Waals surface area contributed by atoms with Gasteiger partial charge in [-0.25, -0.2) is 0 Å². The van der Waals surface area contributed by atoms with Gasteiger partial charge < -0.3 is 14.9 Å². The molecule has 1 aliphatic heterocycles. The summed E-state index contributed by atoms with van der Waals surface area (Å²) in [7, 11) is 0. The van der Waals surface area contributed by atoms with Gasteiger partial charge in [-0.1, -0.05) is 0 Å². The van der Waals surface area contributed by atoms with Crippen LogP contribution in [0.4, 0.5) is 0 Å². The molecule has 1 aromatic rings. The minimum atomic E-state index is -0.406. The SMILES string of the molecule is Oc1nc(O)c2c(n1)CCCO2. The summed E-state index contributed by atoms with van der Waals surface area (Å²) in [5, 5.41) is 18.1. The minimum absolute atomic E-state index is 0.280. The summed E-state index contributed by atoms with van der Waals surface area (Å²) < 4.78 is 5.12. The van der Waals surface area contributed by atoms with Crippen LogP contribution in [-0.4, -0.2) is 26.8 Å². The number of rotatable bonds is 0. The van der Waals surface area contributed by atoms with Gasteiger partial charge in [0.15, 0.2) is 0 Å². The molecule has 0 amide bonds. The van der Waals surface area contributed by atoms with Gasteiger partial charge in [0.25, 0.3) is 5.88 Å². The number of hydrogen-bond donors (Lipinski definition) is 2. The van der Waals surface area contributed by atoms with E-state index in [1.165, 1.54) is 0 Å². The predicted molar refractivity (Wildman–Crippen MR) is 39.2 cm³/mol. The lowest BCUT2D eigenvalue weighted by molar-refractivity contribution is 0.259. The minimum Gasteiger partial charge on any atom is -0.490 e. The Bertz CT molecular complexity index is 314. The van der Waals surface area contributed by atoms with Crippen LogP contribution in [0, 0.1) is 0 Å². The van der Waals surface area contributed by atoms with Crippen molar-refractivity contribution in [3.8, 4) is 17.6 Å². The number of fused-ring (bicyclic) bond motifs is 1. The molecule has 0 aromatic carbocycles. The molecule has 0 unspecified atom stereocenters. The van der Waals surface area contributed by atoms with Crippen LogP contribution in [0.2, 0.25) is 0 Å². The van der Waals surface area contributed by atoms with Crippen LogP contribution < -0.4 is 4.74 Å². The molecule has 5 heteroatoms. The molecule has 2 rings (SSSR count). The van der Waals surface area contributed by atoms with E-state index < -0.39 is 6.01 Å². The standard InChI is InChI=1S/C7H8N2O3/c10-6-5-4(2-1-3-12-5)8-7(11)9-6/h1-3H2,(H2,8,9,10,11). The third-order valence-electron chi connectivity index (χ3n) is 1.71. The summed E-state index contributed by atoms with van der Waals surface area (Å²) in [6.07, 6.45) is 1.56. The highest BCUT2D eigenvalue weighted by Gasteiger charge is 2.18. The molecule has 0 atom stereocenters. The third kappa shape index (κ3) is 1.03. The second kappa shape index (κ2) is 2.51. The van der Waals surface area contributed by atoms with E-state index in [0.717, 1.165) is 6.42 Å². The van der Waals surface area contributed by atoms with E-state index in [-0.39, 0.29) is 5.88 Å². The first kappa shape index (κ1) is 7.15. The zero-order chi connectivity index (χ0) is 8.55. The van der Waals surface area contributed by atoms with Gasteiger partial charge >= 0.3 is 6.01 Å². The van der Waals surface area contributed by atoms with Gasteiger partial charge in [0.2, 0.25) is 5.75 Å². The zero-order valence-electron chi connectivity index (χ0n) is 6.32. The molecule has 0 spiro atoms. The lowest BCUT2D eigenvalue weighted by Crippen LogP contribution is -2.10. The van der Waals surface area contributed by atoms with Crippen molar-refractivity contribution in [1.29, 1.82) is 0 Å². The molecule has 0 radical (unpaired) electrons. The number of hydrogen-bond acceptors (Lipinski definition) is 5. The maximum absolute atomic E-state index is 9.20. The molecule has 5 nitrogen and oxygen atoms in total. The summed E-state index contributed by atoms with van der Waals surface area (Å²) in [6.45, 7) is 0.564. The van der Waals surface area contributed by atoms with Gasteiger partial charge in [-0.2, -0.15) is 9.97 Å². The molecule has 0 fully saturated rings. The summed E-state index contributed by atoms with van der Waals surface area (Å²) >= 11 is 0. The molecular formula is C7H8N2O3. The highest BCUT2D eigenvalue weighted by Crippen LogP contribution is 2.31. The van der Waals surface area contributed by atoms with Crippen molar-refractivity contribution in [3.05, 3.63) is 5.69 Å². The maximum Gasteiger partial charge on any atom is 0.317 e. The summed E-state index contributed by atoms with van der Waals surface area (Å²) in [5.74, 6) is 0.0243. The summed E-state index contributed by atoms with van der Waals surface area (Å²) in [5.41, 5.74) is 0.575. The van der Waals surface area contributed by atoms with Crippen LogP contribution in [0.5, 0.6) is 17.6 Å². The largest absolute Gasteiger partial charge is 0.490 e. The Morgan fingerprint density at radius 1 is 1.25 bits per heavy atom. The van der Waals surface area contributed by atoms with Crippen LogP contribution in [0.1, 0.15) is 12.1 Å². The Labute approximate surface area is 68.7 Å². The fourth-order valence-corrected chi connectivity index (χ4v) is 1.20. The van der Waals surface area contributed by atoms with Crippen LogP contribution in [0.25, 0.3) is 0 Å². The van der Waals surface area contributed by atoms with Crippen molar-refractivity contribution in [1.82, 2.24) is 9.97 Å². The summed E-state index contributed by atoms with van der Waals surface area (Å²) in [6, 6.07) is -0.406. The van der Waals surface area contributed by atoms with Crippen molar-refractivity contribution in [2.75, 3.05) is 6.61 Å². The van der Waals surface area contributed by atoms with Gasteiger partial charge in [-0.15, -0.1) is 0 Å². The van der Waals surface area contributed by atoms with Gasteiger partial charge in [-0.05, 0) is 12.8 Å². The Kier molecular flexibility index (Phi) is 1.49. The van der Waals surface area contributed by atoms with Crippen LogP contribution in [0.15, 0.2) is 0 Å². The Balaban J connectivity index is 2.53. The molecule has 1 aliphatic rings. The number of aryl methyl sites for hydroxylation is 1. The molecule has 2 N–H and O–H groups in total. The quantitative estimate of drug-likeness (QED) is 0.579. The van der Waals surface area contributed by atoms with E-state index in [2.05, 4.69) is 9.97 Å². The lowest BCUT2D eigenvalue weighted by Gasteiger charge is -2.15. The van der Waals surface area contributed by atoms with E-state index in [1.54, 1.807) is 0 Å². The molecule has 1 aromatic heterocycles. The first-order chi connectivity index (χ1) is 5.77. The van der Waals surface area contributed by atoms with Crippen molar-refractivity contribution < 1.29 is 14.9 Å². The van der Waals surface area contributed by atoms with Crippen LogP contribution in [-0.2, 0) is 6.42 Å². The highest BCUT2D eigenvalue weighted by atomic mass is 16.5. The number of aromatic nitrogens is 2. The average Bonchev–Trinajstić information content (AvgIpc) is 2.04. The Morgan fingerprint density at radius 2 is 2.08 bits per heavy atom. The first-order valence-corrected chi connectivity index (χ1v) is 3.69. The molecular weight excluding hydrogens is 160 g/mol. The molecule has 2 heterocycles. The van der Waals surface area contributed by atoms with Gasteiger partial charge in [0.1, 0.15) is 0 Å². The van der Waals surface area contributed by atoms with E-state index >= 15 is 0 Å². The monoisotopic (exact) mass is 168 g/mol.